The van der Waals surface area contributed by atoms with E-state index in [4.69, 9.17) is 0 Å². The van der Waals surface area contributed by atoms with Crippen LogP contribution in [0.5, 0.6) is 0 Å². The third-order valence-corrected chi connectivity index (χ3v) is 8.78. The van der Waals surface area contributed by atoms with Gasteiger partial charge in [-0.05, 0) is 74.5 Å². The molecule has 23 heavy (non-hydrogen) atoms. The minimum atomic E-state index is -0.106. The van der Waals surface area contributed by atoms with E-state index in [9.17, 15) is 5.26 Å². The average Bonchev–Trinajstić information content (AvgIpc) is 2.80. The predicted molar refractivity (Wildman–Crippen MR) is 94.5 cm³/mol. The quantitative estimate of drug-likeness (QED) is 0.512. The lowest BCUT2D eigenvalue weighted by molar-refractivity contribution is -0.0548. The second-order valence-electron chi connectivity index (χ2n) is 9.53. The third kappa shape index (κ3) is 1.79. The fraction of sp³-hybridized carbons (Fsp3) is 0.773. The smallest absolute Gasteiger partial charge is 0.0692 e. The van der Waals surface area contributed by atoms with Gasteiger partial charge in [0.15, 0.2) is 0 Å². The van der Waals surface area contributed by atoms with Crippen molar-refractivity contribution in [1.29, 1.82) is 5.26 Å². The fourth-order valence-electron chi connectivity index (χ4n) is 7.24. The van der Waals surface area contributed by atoms with Gasteiger partial charge in [-0.1, -0.05) is 44.6 Å². The van der Waals surface area contributed by atoms with Gasteiger partial charge in [0.2, 0.25) is 0 Å². The van der Waals surface area contributed by atoms with Gasteiger partial charge in [-0.3, -0.25) is 0 Å². The zero-order valence-corrected chi connectivity index (χ0v) is 15.2. The van der Waals surface area contributed by atoms with E-state index in [1.54, 1.807) is 5.57 Å². The van der Waals surface area contributed by atoms with Crippen LogP contribution in [-0.2, 0) is 0 Å². The first kappa shape index (κ1) is 15.5. The van der Waals surface area contributed by atoms with Gasteiger partial charge in [-0.2, -0.15) is 5.26 Å². The van der Waals surface area contributed by atoms with Crippen molar-refractivity contribution in [2.75, 3.05) is 0 Å². The van der Waals surface area contributed by atoms with Crippen LogP contribution in [0.1, 0.15) is 66.2 Å². The molecule has 0 N–H and O–H groups in total. The minimum Gasteiger partial charge on any atom is -0.198 e. The predicted octanol–water partition coefficient (Wildman–Crippen LogP) is 5.89. The maximum Gasteiger partial charge on any atom is 0.0692 e. The number of allylic oxidation sites excluding steroid dienone is 4. The van der Waals surface area contributed by atoms with E-state index < -0.39 is 0 Å². The summed E-state index contributed by atoms with van der Waals surface area (Å²) < 4.78 is 0. The highest BCUT2D eigenvalue weighted by Gasteiger charge is 2.63. The summed E-state index contributed by atoms with van der Waals surface area (Å²) in [6.07, 6.45) is 14.8. The zero-order chi connectivity index (χ0) is 16.5. The first-order chi connectivity index (χ1) is 10.9. The molecule has 0 aromatic rings. The Morgan fingerprint density at radius 3 is 2.61 bits per heavy atom. The number of nitriles is 1. The highest BCUT2D eigenvalue weighted by Crippen LogP contribution is 2.69. The fourth-order valence-corrected chi connectivity index (χ4v) is 7.24. The van der Waals surface area contributed by atoms with E-state index in [0.717, 1.165) is 30.6 Å². The molecule has 124 valence electrons. The Kier molecular flexibility index (Phi) is 3.20. The summed E-state index contributed by atoms with van der Waals surface area (Å²) in [5.41, 5.74) is 2.13. The Bertz CT molecular complexity index is 622. The molecule has 0 aromatic carbocycles. The van der Waals surface area contributed by atoms with Gasteiger partial charge in [-0.15, -0.1) is 0 Å². The Morgan fingerprint density at radius 2 is 1.87 bits per heavy atom. The summed E-state index contributed by atoms with van der Waals surface area (Å²) in [5, 5.41) is 9.85. The molecule has 0 aliphatic heterocycles. The van der Waals surface area contributed by atoms with Gasteiger partial charge >= 0.3 is 0 Å². The molecule has 0 heterocycles. The first-order valence-corrected chi connectivity index (χ1v) is 9.65. The number of fused-ring (bicyclic) bond motifs is 5. The van der Waals surface area contributed by atoms with Crippen molar-refractivity contribution >= 4 is 0 Å². The molecule has 0 bridgehead atoms. The van der Waals surface area contributed by atoms with Crippen LogP contribution in [0.25, 0.3) is 0 Å². The molecule has 0 aromatic heterocycles. The maximum atomic E-state index is 9.85. The SMILES string of the molecule is C[C@H]1C[C@@H]2[C@H](CC[C@@]3(C)[C@H]2CC[C@]3(C)C#N)[C@@]2(C)C=CCC=C12. The van der Waals surface area contributed by atoms with Crippen LogP contribution in [0.2, 0.25) is 0 Å². The van der Waals surface area contributed by atoms with E-state index in [-0.39, 0.29) is 16.2 Å². The normalized spacial score (nSPS) is 54.5. The molecule has 0 amide bonds. The second-order valence-corrected chi connectivity index (χ2v) is 9.53. The summed E-state index contributed by atoms with van der Waals surface area (Å²) >= 11 is 0. The molecule has 4 rings (SSSR count). The van der Waals surface area contributed by atoms with Crippen molar-refractivity contribution < 1.29 is 0 Å². The molecular formula is C22H31N. The zero-order valence-electron chi connectivity index (χ0n) is 15.2. The number of rotatable bonds is 0. The molecule has 4 aliphatic rings. The molecule has 0 saturated heterocycles. The lowest BCUT2D eigenvalue weighted by atomic mass is 9.45. The van der Waals surface area contributed by atoms with Crippen LogP contribution in [0, 0.1) is 51.2 Å². The molecule has 3 fully saturated rings. The lowest BCUT2D eigenvalue weighted by Gasteiger charge is -2.59. The highest BCUT2D eigenvalue weighted by molar-refractivity contribution is 5.33. The van der Waals surface area contributed by atoms with Crippen LogP contribution in [0.15, 0.2) is 23.8 Å². The molecule has 4 aliphatic carbocycles. The van der Waals surface area contributed by atoms with Gasteiger partial charge in [0, 0.05) is 5.41 Å². The third-order valence-electron chi connectivity index (χ3n) is 8.78. The topological polar surface area (TPSA) is 23.8 Å². The Hall–Kier alpha value is -1.03. The second kappa shape index (κ2) is 4.75. The van der Waals surface area contributed by atoms with Gasteiger partial charge in [0.05, 0.1) is 11.5 Å². The summed E-state index contributed by atoms with van der Waals surface area (Å²) in [7, 11) is 0. The molecule has 0 unspecified atom stereocenters. The average molecular weight is 309 g/mol. The molecule has 1 nitrogen and oxygen atoms in total. The molecule has 3 saturated carbocycles. The van der Waals surface area contributed by atoms with Crippen LogP contribution < -0.4 is 0 Å². The minimum absolute atomic E-state index is 0.106. The van der Waals surface area contributed by atoms with Crippen molar-refractivity contribution in [2.45, 2.75) is 66.2 Å². The van der Waals surface area contributed by atoms with Crippen LogP contribution in [0.4, 0.5) is 0 Å². The van der Waals surface area contributed by atoms with E-state index >= 15 is 0 Å². The largest absolute Gasteiger partial charge is 0.198 e. The molecule has 0 radical (unpaired) electrons. The van der Waals surface area contributed by atoms with Crippen molar-refractivity contribution in [3.63, 3.8) is 0 Å². The van der Waals surface area contributed by atoms with Crippen LogP contribution in [-0.4, -0.2) is 0 Å². The molecule has 1 heteroatoms. The van der Waals surface area contributed by atoms with Gasteiger partial charge < -0.3 is 0 Å². The van der Waals surface area contributed by atoms with Crippen molar-refractivity contribution in [3.05, 3.63) is 23.8 Å². The van der Waals surface area contributed by atoms with Gasteiger partial charge in [0.25, 0.3) is 0 Å². The number of hydrogen-bond donors (Lipinski definition) is 0. The summed E-state index contributed by atoms with van der Waals surface area (Å²) in [5.74, 6) is 3.06. The number of nitrogens with zero attached hydrogens (tertiary/aromatic N) is 1. The van der Waals surface area contributed by atoms with Gasteiger partial charge in [0.1, 0.15) is 0 Å². The Balaban J connectivity index is 1.75. The Morgan fingerprint density at radius 1 is 1.13 bits per heavy atom. The standard InChI is InChI=1S/C22H31N/c1-15-13-16-18(21(3)10-6-5-7-17(15)21)9-12-22(4)19(16)8-11-20(22,2)14-23/h6-7,10,15-16,18-19H,5,8-9,11-13H2,1-4H3/t15-,16+,18-,19-,20+,21-,22-/m0/s1. The van der Waals surface area contributed by atoms with Crippen LogP contribution in [0.3, 0.4) is 0 Å². The van der Waals surface area contributed by atoms with Gasteiger partial charge in [-0.25, -0.2) is 0 Å². The summed E-state index contributed by atoms with van der Waals surface area (Å²) in [6.45, 7) is 9.64. The monoisotopic (exact) mass is 309 g/mol. The Labute approximate surface area is 141 Å². The summed E-state index contributed by atoms with van der Waals surface area (Å²) in [6, 6.07) is 2.73. The van der Waals surface area contributed by atoms with E-state index in [1.807, 2.05) is 0 Å². The van der Waals surface area contributed by atoms with Crippen LogP contribution >= 0.6 is 0 Å². The first-order valence-electron chi connectivity index (χ1n) is 9.65. The molecular weight excluding hydrogens is 278 g/mol. The lowest BCUT2D eigenvalue weighted by Crippen LogP contribution is -2.52. The number of hydrogen-bond acceptors (Lipinski definition) is 1. The maximum absolute atomic E-state index is 9.85. The summed E-state index contributed by atoms with van der Waals surface area (Å²) in [4.78, 5) is 0. The van der Waals surface area contributed by atoms with E-state index in [1.165, 1.54) is 25.7 Å². The molecule has 7 atom stereocenters. The highest BCUT2D eigenvalue weighted by atomic mass is 14.7. The van der Waals surface area contributed by atoms with Crippen molar-refractivity contribution in [1.82, 2.24) is 0 Å². The van der Waals surface area contributed by atoms with E-state index in [0.29, 0.717) is 5.92 Å². The molecule has 0 spiro atoms. The van der Waals surface area contributed by atoms with E-state index in [2.05, 4.69) is 52.0 Å². The van der Waals surface area contributed by atoms with Crippen molar-refractivity contribution in [2.24, 2.45) is 39.9 Å². The van der Waals surface area contributed by atoms with Crippen molar-refractivity contribution in [3.8, 4) is 6.07 Å².